The lowest BCUT2D eigenvalue weighted by atomic mass is 9.88. The largest absolute Gasteiger partial charge is 0.387 e. The Morgan fingerprint density at radius 3 is 2.27 bits per heavy atom. The monoisotopic (exact) mass is 543 g/mol. The van der Waals surface area contributed by atoms with Gasteiger partial charge in [-0.15, -0.1) is 0 Å². The zero-order valence-electron chi connectivity index (χ0n) is 21.3. The molecule has 1 aliphatic rings. The van der Waals surface area contributed by atoms with Gasteiger partial charge in [0, 0.05) is 18.8 Å². The van der Waals surface area contributed by atoms with Gasteiger partial charge >= 0.3 is 0 Å². The molecule has 0 bridgehead atoms. The average molecular weight is 544 g/mol. The fourth-order valence-corrected chi connectivity index (χ4v) is 4.63. The van der Waals surface area contributed by atoms with Gasteiger partial charge in [0.25, 0.3) is 5.91 Å². The molecule has 4 aromatic rings. The Balaban J connectivity index is 1.44. The summed E-state index contributed by atoms with van der Waals surface area (Å²) in [5, 5.41) is 13.7. The van der Waals surface area contributed by atoms with Crippen LogP contribution in [0.5, 0.6) is 0 Å². The predicted molar refractivity (Wildman–Crippen MR) is 145 cm³/mol. The number of likely N-dealkylation sites (N-methyl/N-ethyl adjacent to an activating group) is 1. The molecule has 40 heavy (non-hydrogen) atoms. The third-order valence-electron chi connectivity index (χ3n) is 6.82. The molecule has 4 aromatic carbocycles. The molecule has 202 valence electrons. The molecule has 2 N–H and O–H groups in total. The first kappa shape index (κ1) is 26.8. The number of amides is 2. The molecule has 5 rings (SSSR count). The Bertz CT molecular complexity index is 1590. The topological polar surface area (TPSA) is 82.0 Å². The van der Waals surface area contributed by atoms with E-state index in [0.717, 1.165) is 41.5 Å². The van der Waals surface area contributed by atoms with Crippen molar-refractivity contribution in [3.05, 3.63) is 125 Å². The number of benzene rings is 4. The first-order valence-corrected chi connectivity index (χ1v) is 12.4. The smallest absolute Gasteiger partial charge is 0.272 e. The summed E-state index contributed by atoms with van der Waals surface area (Å²) in [4.78, 5) is 32.6. The van der Waals surface area contributed by atoms with Crippen molar-refractivity contribution < 1.29 is 27.9 Å². The maximum atomic E-state index is 13.9. The molecule has 6 nitrogen and oxygen atoms in total. The van der Waals surface area contributed by atoms with E-state index in [1.54, 1.807) is 7.05 Å². The number of hydrogen-bond donors (Lipinski definition) is 2. The van der Waals surface area contributed by atoms with E-state index in [-0.39, 0.29) is 11.1 Å². The van der Waals surface area contributed by atoms with E-state index in [0.29, 0.717) is 11.3 Å². The van der Waals surface area contributed by atoms with Crippen LogP contribution in [0.2, 0.25) is 0 Å². The van der Waals surface area contributed by atoms with Crippen LogP contribution in [-0.2, 0) is 9.59 Å². The first-order chi connectivity index (χ1) is 19.2. The van der Waals surface area contributed by atoms with E-state index in [4.69, 9.17) is 0 Å². The number of carbonyl (C=O) groups excluding carboxylic acids is 2. The van der Waals surface area contributed by atoms with E-state index in [1.807, 2.05) is 48.5 Å². The van der Waals surface area contributed by atoms with Crippen molar-refractivity contribution >= 4 is 23.7 Å². The fourth-order valence-electron chi connectivity index (χ4n) is 4.63. The minimum absolute atomic E-state index is 0.0722. The summed E-state index contributed by atoms with van der Waals surface area (Å²) in [6.07, 6.45) is -1.51. The lowest BCUT2D eigenvalue weighted by Gasteiger charge is -2.26. The molecular weight excluding hydrogens is 519 g/mol. The minimum atomic E-state index is -1.64. The Kier molecular flexibility index (Phi) is 7.48. The number of aliphatic hydroxyl groups excluding tert-OH is 1. The van der Waals surface area contributed by atoms with Crippen LogP contribution < -0.4 is 10.2 Å². The van der Waals surface area contributed by atoms with Gasteiger partial charge in [-0.05, 0) is 52.6 Å². The summed E-state index contributed by atoms with van der Waals surface area (Å²) in [5.74, 6) is -5.63. The van der Waals surface area contributed by atoms with E-state index < -0.39 is 47.5 Å². The van der Waals surface area contributed by atoms with Gasteiger partial charge < -0.3 is 15.3 Å². The van der Waals surface area contributed by atoms with Crippen molar-refractivity contribution in [3.63, 3.8) is 0 Å². The number of halogens is 3. The van der Waals surface area contributed by atoms with Crippen molar-refractivity contribution in [3.8, 4) is 11.1 Å². The summed E-state index contributed by atoms with van der Waals surface area (Å²) >= 11 is 0. The summed E-state index contributed by atoms with van der Waals surface area (Å²) in [6, 6.07) is 22.8. The molecule has 0 saturated carbocycles. The molecule has 2 amide bonds. The molecule has 9 heteroatoms. The minimum Gasteiger partial charge on any atom is -0.387 e. The van der Waals surface area contributed by atoms with Crippen LogP contribution in [0.1, 0.15) is 28.7 Å². The Labute approximate surface area is 228 Å². The lowest BCUT2D eigenvalue weighted by Crippen LogP contribution is -2.48. The SMILES string of the molecule is CN1C(=O)[C@@H](NC(=O)[C@H](c2ccc(F)cc2)[C@@H](O)c2ccc(F)c(F)c2)N=Cc2ccc(-c3ccccc3)cc21. The van der Waals surface area contributed by atoms with Gasteiger partial charge in [0.2, 0.25) is 12.1 Å². The van der Waals surface area contributed by atoms with E-state index in [2.05, 4.69) is 10.3 Å². The fraction of sp³-hybridized carbons (Fsp3) is 0.129. The third kappa shape index (κ3) is 5.37. The van der Waals surface area contributed by atoms with Gasteiger partial charge in [-0.25, -0.2) is 13.2 Å². The van der Waals surface area contributed by atoms with Gasteiger partial charge in [-0.2, -0.15) is 0 Å². The number of rotatable bonds is 6. The van der Waals surface area contributed by atoms with Gasteiger partial charge in [-0.1, -0.05) is 60.7 Å². The molecular formula is C31H24F3N3O3. The summed E-state index contributed by atoms with van der Waals surface area (Å²) in [6.45, 7) is 0. The highest BCUT2D eigenvalue weighted by Crippen LogP contribution is 2.33. The second-order valence-electron chi connectivity index (χ2n) is 9.37. The van der Waals surface area contributed by atoms with E-state index in [9.17, 15) is 27.9 Å². The van der Waals surface area contributed by atoms with E-state index in [1.165, 1.54) is 23.2 Å². The second kappa shape index (κ2) is 11.2. The summed E-state index contributed by atoms with van der Waals surface area (Å²) in [7, 11) is 1.57. The highest BCUT2D eigenvalue weighted by molar-refractivity contribution is 6.06. The van der Waals surface area contributed by atoms with Crippen molar-refractivity contribution in [1.29, 1.82) is 0 Å². The number of nitrogens with zero attached hydrogens (tertiary/aromatic N) is 2. The third-order valence-corrected chi connectivity index (χ3v) is 6.82. The van der Waals surface area contributed by atoms with Crippen LogP contribution in [0.3, 0.4) is 0 Å². The average Bonchev–Trinajstić information content (AvgIpc) is 3.08. The van der Waals surface area contributed by atoms with Crippen molar-refractivity contribution in [1.82, 2.24) is 5.32 Å². The molecule has 1 aliphatic heterocycles. The second-order valence-corrected chi connectivity index (χ2v) is 9.37. The lowest BCUT2D eigenvalue weighted by molar-refractivity contribution is -0.130. The highest BCUT2D eigenvalue weighted by Gasteiger charge is 2.35. The molecule has 0 aromatic heterocycles. The van der Waals surface area contributed by atoms with E-state index >= 15 is 0 Å². The summed E-state index contributed by atoms with van der Waals surface area (Å²) < 4.78 is 41.1. The van der Waals surface area contributed by atoms with Gasteiger partial charge in [0.1, 0.15) is 5.82 Å². The number of anilines is 1. The maximum absolute atomic E-state index is 13.9. The zero-order valence-corrected chi connectivity index (χ0v) is 21.3. The number of carbonyl (C=O) groups is 2. The van der Waals surface area contributed by atoms with Crippen molar-refractivity contribution in [2.24, 2.45) is 4.99 Å². The number of aliphatic imine (C=N–C) groups is 1. The molecule has 0 spiro atoms. The zero-order chi connectivity index (χ0) is 28.4. The van der Waals surface area contributed by atoms with Crippen LogP contribution in [0, 0.1) is 17.5 Å². The maximum Gasteiger partial charge on any atom is 0.272 e. The Morgan fingerprint density at radius 1 is 0.875 bits per heavy atom. The van der Waals surface area contributed by atoms with Crippen LogP contribution in [0.4, 0.5) is 18.9 Å². The number of fused-ring (bicyclic) bond motifs is 1. The Hall–Kier alpha value is -4.76. The Morgan fingerprint density at radius 2 is 1.57 bits per heavy atom. The molecule has 3 atom stereocenters. The van der Waals surface area contributed by atoms with Crippen LogP contribution in [0.15, 0.2) is 96.0 Å². The molecule has 0 unspecified atom stereocenters. The van der Waals surface area contributed by atoms with Crippen LogP contribution >= 0.6 is 0 Å². The normalized spacial score (nSPS) is 16.2. The van der Waals surface area contributed by atoms with Crippen molar-refractivity contribution in [2.45, 2.75) is 18.2 Å². The van der Waals surface area contributed by atoms with Gasteiger partial charge in [0.05, 0.1) is 17.7 Å². The predicted octanol–water partition coefficient (Wildman–Crippen LogP) is 5.13. The summed E-state index contributed by atoms with van der Waals surface area (Å²) in [5.41, 5.74) is 3.22. The highest BCUT2D eigenvalue weighted by atomic mass is 19.2. The number of nitrogens with one attached hydrogen (secondary N) is 1. The van der Waals surface area contributed by atoms with Crippen LogP contribution in [0.25, 0.3) is 11.1 Å². The standard InChI is InChI=1S/C31H24F3N3O3/c1-37-26-16-20(18-5-3-2-4-6-18)7-8-22(26)17-35-29(31(37)40)36-30(39)27(19-9-12-23(32)13-10-19)28(38)21-11-14-24(33)25(34)15-21/h2-17,27-29,38H,1H3,(H,36,39)/t27-,28+,29-/m1/s1. The number of aliphatic hydroxyl groups is 1. The van der Waals surface area contributed by atoms with Crippen molar-refractivity contribution in [2.75, 3.05) is 11.9 Å². The molecule has 0 aliphatic carbocycles. The molecule has 0 fully saturated rings. The number of benzodiazepines with no additional fused rings is 1. The molecule has 0 radical (unpaired) electrons. The number of hydrogen-bond acceptors (Lipinski definition) is 4. The molecule has 1 heterocycles. The quantitative estimate of drug-likeness (QED) is 0.354. The van der Waals surface area contributed by atoms with Gasteiger partial charge in [-0.3, -0.25) is 14.6 Å². The van der Waals surface area contributed by atoms with Crippen LogP contribution in [-0.4, -0.2) is 36.3 Å². The van der Waals surface area contributed by atoms with Gasteiger partial charge in [0.15, 0.2) is 11.6 Å². The first-order valence-electron chi connectivity index (χ1n) is 12.4. The molecule has 0 saturated heterocycles.